The molecule has 1 aromatic rings. The third-order valence-corrected chi connectivity index (χ3v) is 3.37. The van der Waals surface area contributed by atoms with Crippen LogP contribution in [0.1, 0.15) is 33.3 Å². The Kier molecular flexibility index (Phi) is 10.5. The summed E-state index contributed by atoms with van der Waals surface area (Å²) < 4.78 is 26.3. The average Bonchev–Trinajstić information content (AvgIpc) is 2.63. The molecule has 2 atom stereocenters. The first-order valence-corrected chi connectivity index (χ1v) is 9.13. The number of carbonyl (C=O) groups excluding carboxylic acids is 2. The lowest BCUT2D eigenvalue weighted by atomic mass is 10.2. The molecule has 0 heterocycles. The quantitative estimate of drug-likeness (QED) is 0.349. The van der Waals surface area contributed by atoms with Gasteiger partial charge in [0.15, 0.2) is 12.3 Å². The number of methoxy groups -OCH3 is 1. The van der Waals surface area contributed by atoms with Crippen LogP contribution < -0.4 is 5.32 Å². The SMILES string of the molecule is COC(=O)C(COCCOC(C)OCc1ccccc1)NC(=O)OC(C)(C)C. The number of hydrogen-bond acceptors (Lipinski definition) is 7. The third kappa shape index (κ3) is 10.9. The van der Waals surface area contributed by atoms with Crippen molar-refractivity contribution >= 4 is 12.1 Å². The lowest BCUT2D eigenvalue weighted by Gasteiger charge is -2.22. The first-order valence-electron chi connectivity index (χ1n) is 9.13. The zero-order valence-electron chi connectivity index (χ0n) is 17.2. The van der Waals surface area contributed by atoms with Gasteiger partial charge in [-0.05, 0) is 33.3 Å². The monoisotopic (exact) mass is 397 g/mol. The number of alkyl carbamates (subject to hydrolysis) is 1. The van der Waals surface area contributed by atoms with Crippen LogP contribution in [-0.2, 0) is 35.1 Å². The van der Waals surface area contributed by atoms with E-state index in [0.29, 0.717) is 6.61 Å². The topological polar surface area (TPSA) is 92.3 Å². The molecule has 1 amide bonds. The molecule has 0 fully saturated rings. The highest BCUT2D eigenvalue weighted by Crippen LogP contribution is 2.07. The van der Waals surface area contributed by atoms with Crippen LogP contribution in [0.5, 0.6) is 0 Å². The van der Waals surface area contributed by atoms with E-state index in [1.54, 1.807) is 27.7 Å². The van der Waals surface area contributed by atoms with Crippen molar-refractivity contribution in [2.24, 2.45) is 0 Å². The maximum absolute atomic E-state index is 11.8. The molecule has 0 saturated carbocycles. The minimum Gasteiger partial charge on any atom is -0.467 e. The molecule has 1 N–H and O–H groups in total. The molecule has 0 aliphatic heterocycles. The number of nitrogens with one attached hydrogen (secondary N) is 1. The van der Waals surface area contributed by atoms with E-state index in [4.69, 9.17) is 18.9 Å². The first-order chi connectivity index (χ1) is 13.2. The Labute approximate surface area is 166 Å². The zero-order valence-corrected chi connectivity index (χ0v) is 17.2. The molecule has 2 unspecified atom stereocenters. The van der Waals surface area contributed by atoms with Gasteiger partial charge in [-0.1, -0.05) is 30.3 Å². The minimum absolute atomic E-state index is 0.0610. The Morgan fingerprint density at radius 2 is 1.75 bits per heavy atom. The van der Waals surface area contributed by atoms with E-state index in [-0.39, 0.29) is 19.8 Å². The summed E-state index contributed by atoms with van der Waals surface area (Å²) in [5.74, 6) is -0.619. The summed E-state index contributed by atoms with van der Waals surface area (Å²) in [5.41, 5.74) is 0.387. The van der Waals surface area contributed by atoms with Crippen LogP contribution in [0.4, 0.5) is 4.79 Å². The largest absolute Gasteiger partial charge is 0.467 e. The Morgan fingerprint density at radius 3 is 2.36 bits per heavy atom. The molecule has 158 valence electrons. The smallest absolute Gasteiger partial charge is 0.408 e. The van der Waals surface area contributed by atoms with E-state index >= 15 is 0 Å². The fourth-order valence-corrected chi connectivity index (χ4v) is 2.07. The van der Waals surface area contributed by atoms with Gasteiger partial charge in [-0.15, -0.1) is 0 Å². The molecule has 8 heteroatoms. The van der Waals surface area contributed by atoms with Crippen molar-refractivity contribution in [2.75, 3.05) is 26.9 Å². The van der Waals surface area contributed by atoms with Crippen molar-refractivity contribution in [1.29, 1.82) is 0 Å². The maximum Gasteiger partial charge on any atom is 0.408 e. The highest BCUT2D eigenvalue weighted by molar-refractivity contribution is 5.81. The minimum atomic E-state index is -0.966. The number of hydrogen-bond donors (Lipinski definition) is 1. The summed E-state index contributed by atoms with van der Waals surface area (Å²) in [6, 6.07) is 8.81. The number of esters is 1. The second-order valence-corrected chi connectivity index (χ2v) is 7.03. The molecule has 0 radical (unpaired) electrons. The summed E-state index contributed by atoms with van der Waals surface area (Å²) in [4.78, 5) is 23.6. The van der Waals surface area contributed by atoms with E-state index in [9.17, 15) is 9.59 Å². The van der Waals surface area contributed by atoms with Crippen molar-refractivity contribution in [3.8, 4) is 0 Å². The van der Waals surface area contributed by atoms with Crippen LogP contribution in [0.2, 0.25) is 0 Å². The summed E-state index contributed by atoms with van der Waals surface area (Å²) in [7, 11) is 1.24. The van der Waals surface area contributed by atoms with Gasteiger partial charge in [-0.2, -0.15) is 0 Å². The normalized spacial score (nSPS) is 13.5. The van der Waals surface area contributed by atoms with Crippen LogP contribution in [0.25, 0.3) is 0 Å². The van der Waals surface area contributed by atoms with Crippen molar-refractivity contribution in [3.05, 3.63) is 35.9 Å². The lowest BCUT2D eigenvalue weighted by Crippen LogP contribution is -2.46. The molecular formula is C20H31NO7. The molecule has 0 aromatic heterocycles. The van der Waals surface area contributed by atoms with E-state index in [1.807, 2.05) is 30.3 Å². The Hall–Kier alpha value is -2.16. The van der Waals surface area contributed by atoms with Crippen LogP contribution in [0, 0.1) is 0 Å². The maximum atomic E-state index is 11.8. The summed E-state index contributed by atoms with van der Waals surface area (Å²) in [6.07, 6.45) is -1.12. The number of amides is 1. The molecule has 0 aliphatic carbocycles. The van der Waals surface area contributed by atoms with Gasteiger partial charge in [-0.25, -0.2) is 9.59 Å². The second kappa shape index (κ2) is 12.3. The molecule has 1 aromatic carbocycles. The summed E-state index contributed by atoms with van der Waals surface area (Å²) in [5, 5.41) is 2.44. The zero-order chi connectivity index (χ0) is 21.0. The number of benzene rings is 1. The van der Waals surface area contributed by atoms with Crippen molar-refractivity contribution in [2.45, 2.75) is 52.2 Å². The number of rotatable bonds is 11. The van der Waals surface area contributed by atoms with Crippen LogP contribution in [-0.4, -0.2) is 56.9 Å². The van der Waals surface area contributed by atoms with Crippen LogP contribution in [0.15, 0.2) is 30.3 Å². The van der Waals surface area contributed by atoms with E-state index in [2.05, 4.69) is 10.1 Å². The second-order valence-electron chi connectivity index (χ2n) is 7.03. The number of ether oxygens (including phenoxy) is 5. The van der Waals surface area contributed by atoms with Gasteiger partial charge in [0, 0.05) is 0 Å². The fourth-order valence-electron chi connectivity index (χ4n) is 2.07. The molecule has 1 rings (SSSR count). The molecule has 8 nitrogen and oxygen atoms in total. The van der Waals surface area contributed by atoms with Gasteiger partial charge in [0.2, 0.25) is 0 Å². The van der Waals surface area contributed by atoms with Gasteiger partial charge >= 0.3 is 12.1 Å². The van der Waals surface area contributed by atoms with Crippen LogP contribution >= 0.6 is 0 Å². The van der Waals surface area contributed by atoms with Crippen molar-refractivity contribution in [1.82, 2.24) is 5.32 Å². The lowest BCUT2D eigenvalue weighted by molar-refractivity contribution is -0.151. The predicted octanol–water partition coefficient (Wildman–Crippen LogP) is 2.65. The van der Waals surface area contributed by atoms with Crippen molar-refractivity contribution in [3.63, 3.8) is 0 Å². The van der Waals surface area contributed by atoms with Crippen LogP contribution in [0.3, 0.4) is 0 Å². The van der Waals surface area contributed by atoms with E-state index in [1.165, 1.54) is 7.11 Å². The molecule has 0 spiro atoms. The summed E-state index contributed by atoms with van der Waals surface area (Å²) in [6.45, 7) is 7.88. The predicted molar refractivity (Wildman–Crippen MR) is 103 cm³/mol. The molecule has 0 aliphatic rings. The average molecular weight is 397 g/mol. The van der Waals surface area contributed by atoms with Gasteiger partial charge in [0.05, 0.1) is 33.5 Å². The Morgan fingerprint density at radius 1 is 1.07 bits per heavy atom. The van der Waals surface area contributed by atoms with Gasteiger partial charge in [-0.3, -0.25) is 0 Å². The summed E-state index contributed by atoms with van der Waals surface area (Å²) >= 11 is 0. The Bertz CT molecular complexity index is 586. The first kappa shape index (κ1) is 23.9. The van der Waals surface area contributed by atoms with Gasteiger partial charge in [0.1, 0.15) is 5.60 Å². The molecule has 28 heavy (non-hydrogen) atoms. The molecular weight excluding hydrogens is 366 g/mol. The highest BCUT2D eigenvalue weighted by Gasteiger charge is 2.25. The van der Waals surface area contributed by atoms with Crippen molar-refractivity contribution < 1.29 is 33.3 Å². The van der Waals surface area contributed by atoms with E-state index in [0.717, 1.165) is 5.56 Å². The van der Waals surface area contributed by atoms with Gasteiger partial charge < -0.3 is 29.0 Å². The standard InChI is InChI=1S/C20H31NO7/c1-15(27-13-16-9-7-6-8-10-16)26-12-11-25-14-17(18(22)24-5)21-19(23)28-20(2,3)4/h6-10,15,17H,11-14H2,1-5H3,(H,21,23). The number of carbonyl (C=O) groups is 2. The molecule has 0 saturated heterocycles. The fraction of sp³-hybridized carbons (Fsp3) is 0.600. The Balaban J connectivity index is 2.26. The van der Waals surface area contributed by atoms with Gasteiger partial charge in [0.25, 0.3) is 0 Å². The highest BCUT2D eigenvalue weighted by atomic mass is 16.7. The third-order valence-electron chi connectivity index (χ3n) is 3.37. The van der Waals surface area contributed by atoms with E-state index < -0.39 is 30.0 Å². The molecule has 0 bridgehead atoms.